The van der Waals surface area contributed by atoms with E-state index < -0.39 is 11.9 Å². The number of carbonyl (C=O) groups excluding carboxylic acids is 2. The second-order valence-corrected chi connectivity index (χ2v) is 4.57. The standard InChI is InChI=1S/C11H21N3O2/c1-8(2)13-9(11(12)16)7-10(15)14-5-3-4-6-14/h8-9,13H,3-7H2,1-2H3,(H2,12,16). The molecule has 5 heteroatoms. The molecule has 0 radical (unpaired) electrons. The Morgan fingerprint density at radius 1 is 1.31 bits per heavy atom. The molecular weight excluding hydrogens is 206 g/mol. The Morgan fingerprint density at radius 3 is 2.31 bits per heavy atom. The van der Waals surface area contributed by atoms with Crippen LogP contribution in [0.3, 0.4) is 0 Å². The Morgan fingerprint density at radius 2 is 1.88 bits per heavy atom. The van der Waals surface area contributed by atoms with E-state index in [0.29, 0.717) is 0 Å². The van der Waals surface area contributed by atoms with E-state index in [0.717, 1.165) is 25.9 Å². The van der Waals surface area contributed by atoms with Crippen LogP contribution in [0.25, 0.3) is 0 Å². The third-order valence-corrected chi connectivity index (χ3v) is 2.72. The van der Waals surface area contributed by atoms with Crippen molar-refractivity contribution in [3.8, 4) is 0 Å². The number of rotatable bonds is 5. The summed E-state index contributed by atoms with van der Waals surface area (Å²) in [6, 6.07) is -0.406. The maximum Gasteiger partial charge on any atom is 0.235 e. The molecule has 0 saturated carbocycles. The fourth-order valence-electron chi connectivity index (χ4n) is 1.91. The van der Waals surface area contributed by atoms with Crippen molar-refractivity contribution in [1.82, 2.24) is 10.2 Å². The average Bonchev–Trinajstić information content (AvgIpc) is 2.68. The van der Waals surface area contributed by atoms with Crippen LogP contribution < -0.4 is 11.1 Å². The first kappa shape index (κ1) is 13.0. The van der Waals surface area contributed by atoms with Gasteiger partial charge >= 0.3 is 0 Å². The van der Waals surface area contributed by atoms with E-state index in [1.54, 1.807) is 4.90 Å². The van der Waals surface area contributed by atoms with Gasteiger partial charge in [0.15, 0.2) is 0 Å². The van der Waals surface area contributed by atoms with Crippen molar-refractivity contribution in [2.75, 3.05) is 13.1 Å². The summed E-state index contributed by atoms with van der Waals surface area (Å²) in [6.07, 6.45) is 2.29. The third kappa shape index (κ3) is 3.81. The van der Waals surface area contributed by atoms with Crippen LogP contribution in [0.4, 0.5) is 0 Å². The SMILES string of the molecule is CC(C)NC(CC(=O)N1CCCC1)C(N)=O. The lowest BCUT2D eigenvalue weighted by Gasteiger charge is -2.21. The van der Waals surface area contributed by atoms with Crippen LogP contribution in [0.15, 0.2) is 0 Å². The number of likely N-dealkylation sites (tertiary alicyclic amines) is 1. The maximum absolute atomic E-state index is 11.8. The number of hydrogen-bond acceptors (Lipinski definition) is 3. The van der Waals surface area contributed by atoms with Gasteiger partial charge in [0.25, 0.3) is 0 Å². The molecule has 16 heavy (non-hydrogen) atoms. The first-order valence-corrected chi connectivity index (χ1v) is 5.84. The van der Waals surface area contributed by atoms with E-state index in [2.05, 4.69) is 5.32 Å². The number of carbonyl (C=O) groups is 2. The van der Waals surface area contributed by atoms with Gasteiger partial charge in [-0.3, -0.25) is 9.59 Å². The summed E-state index contributed by atoms with van der Waals surface area (Å²) < 4.78 is 0. The van der Waals surface area contributed by atoms with E-state index in [9.17, 15) is 9.59 Å². The molecule has 1 aliphatic heterocycles. The van der Waals surface area contributed by atoms with Gasteiger partial charge in [-0.25, -0.2) is 0 Å². The molecule has 2 amide bonds. The van der Waals surface area contributed by atoms with Crippen molar-refractivity contribution in [1.29, 1.82) is 0 Å². The quantitative estimate of drug-likeness (QED) is 0.686. The van der Waals surface area contributed by atoms with Crippen LogP contribution in [0.1, 0.15) is 33.1 Å². The van der Waals surface area contributed by atoms with Crippen LogP contribution in [-0.2, 0) is 9.59 Å². The minimum atomic E-state index is -0.548. The lowest BCUT2D eigenvalue weighted by atomic mass is 10.1. The highest BCUT2D eigenvalue weighted by molar-refractivity contribution is 5.87. The zero-order chi connectivity index (χ0) is 12.1. The van der Waals surface area contributed by atoms with Crippen molar-refractivity contribution in [2.45, 2.75) is 45.2 Å². The Kier molecular flexibility index (Phi) is 4.73. The number of nitrogens with two attached hydrogens (primary N) is 1. The summed E-state index contributed by atoms with van der Waals surface area (Å²) in [5.74, 6) is -0.435. The largest absolute Gasteiger partial charge is 0.368 e. The minimum Gasteiger partial charge on any atom is -0.368 e. The molecule has 92 valence electrons. The van der Waals surface area contributed by atoms with Gasteiger partial charge in [0.1, 0.15) is 0 Å². The monoisotopic (exact) mass is 227 g/mol. The van der Waals surface area contributed by atoms with Gasteiger partial charge in [-0.1, -0.05) is 13.8 Å². The summed E-state index contributed by atoms with van der Waals surface area (Å²) >= 11 is 0. The third-order valence-electron chi connectivity index (χ3n) is 2.72. The number of amides is 2. The van der Waals surface area contributed by atoms with Gasteiger partial charge in [-0.15, -0.1) is 0 Å². The summed E-state index contributed by atoms with van der Waals surface area (Å²) in [5.41, 5.74) is 5.26. The molecule has 1 saturated heterocycles. The molecular formula is C11H21N3O2. The van der Waals surface area contributed by atoms with Crippen LogP contribution in [-0.4, -0.2) is 41.9 Å². The summed E-state index contributed by atoms with van der Waals surface area (Å²) in [5, 5.41) is 3.01. The molecule has 1 fully saturated rings. The first-order chi connectivity index (χ1) is 7.50. The van der Waals surface area contributed by atoms with Crippen LogP contribution in [0.2, 0.25) is 0 Å². The topological polar surface area (TPSA) is 75.4 Å². The summed E-state index contributed by atoms with van der Waals surface area (Å²) in [6.45, 7) is 5.48. The highest BCUT2D eigenvalue weighted by atomic mass is 16.2. The number of primary amides is 1. The fourth-order valence-corrected chi connectivity index (χ4v) is 1.91. The molecule has 3 N–H and O–H groups in total. The second kappa shape index (κ2) is 5.84. The van der Waals surface area contributed by atoms with Gasteiger partial charge in [-0.05, 0) is 12.8 Å². The van der Waals surface area contributed by atoms with Gasteiger partial charge in [-0.2, -0.15) is 0 Å². The molecule has 0 aromatic carbocycles. The molecule has 1 heterocycles. The summed E-state index contributed by atoms with van der Waals surface area (Å²) in [7, 11) is 0. The molecule has 1 aliphatic rings. The zero-order valence-corrected chi connectivity index (χ0v) is 10.0. The molecule has 5 nitrogen and oxygen atoms in total. The highest BCUT2D eigenvalue weighted by Crippen LogP contribution is 2.10. The lowest BCUT2D eigenvalue weighted by molar-refractivity contribution is -0.133. The summed E-state index contributed by atoms with van der Waals surface area (Å²) in [4.78, 5) is 24.8. The Labute approximate surface area is 96.4 Å². The highest BCUT2D eigenvalue weighted by Gasteiger charge is 2.24. The zero-order valence-electron chi connectivity index (χ0n) is 10.0. The molecule has 1 unspecified atom stereocenters. The molecule has 1 atom stereocenters. The number of nitrogens with zero attached hydrogens (tertiary/aromatic N) is 1. The first-order valence-electron chi connectivity index (χ1n) is 5.84. The predicted molar refractivity (Wildman–Crippen MR) is 61.7 cm³/mol. The molecule has 0 aromatic rings. The number of hydrogen-bond donors (Lipinski definition) is 2. The Bertz CT molecular complexity index is 260. The van der Waals surface area contributed by atoms with Crippen LogP contribution >= 0.6 is 0 Å². The van der Waals surface area contributed by atoms with Gasteiger partial charge in [0.05, 0.1) is 12.5 Å². The smallest absolute Gasteiger partial charge is 0.235 e. The molecule has 1 rings (SSSR count). The molecule has 0 aromatic heterocycles. The normalized spacial score (nSPS) is 17.8. The van der Waals surface area contributed by atoms with Gasteiger partial charge in [0.2, 0.25) is 11.8 Å². The maximum atomic E-state index is 11.8. The lowest BCUT2D eigenvalue weighted by Crippen LogP contribution is -2.47. The molecule has 0 aliphatic carbocycles. The Balaban J connectivity index is 2.47. The second-order valence-electron chi connectivity index (χ2n) is 4.57. The van der Waals surface area contributed by atoms with Crippen molar-refractivity contribution < 1.29 is 9.59 Å². The van der Waals surface area contributed by atoms with E-state index in [1.807, 2.05) is 13.8 Å². The van der Waals surface area contributed by atoms with Crippen molar-refractivity contribution in [2.24, 2.45) is 5.73 Å². The average molecular weight is 227 g/mol. The van der Waals surface area contributed by atoms with E-state index >= 15 is 0 Å². The molecule has 0 spiro atoms. The van der Waals surface area contributed by atoms with Crippen LogP contribution in [0.5, 0.6) is 0 Å². The van der Waals surface area contributed by atoms with E-state index in [4.69, 9.17) is 5.73 Å². The number of nitrogens with one attached hydrogen (secondary N) is 1. The Hall–Kier alpha value is -1.10. The van der Waals surface area contributed by atoms with Gasteiger partial charge in [0, 0.05) is 19.1 Å². The van der Waals surface area contributed by atoms with Crippen molar-refractivity contribution >= 4 is 11.8 Å². The van der Waals surface area contributed by atoms with Gasteiger partial charge < -0.3 is 16.0 Å². The van der Waals surface area contributed by atoms with Crippen LogP contribution in [0, 0.1) is 0 Å². The van der Waals surface area contributed by atoms with Crippen molar-refractivity contribution in [3.63, 3.8) is 0 Å². The van der Waals surface area contributed by atoms with E-state index in [1.165, 1.54) is 0 Å². The minimum absolute atomic E-state index is 0.0226. The van der Waals surface area contributed by atoms with E-state index in [-0.39, 0.29) is 18.4 Å². The predicted octanol–water partition coefficient (Wildman–Crippen LogP) is -0.149. The van der Waals surface area contributed by atoms with Crippen molar-refractivity contribution in [3.05, 3.63) is 0 Å². The fraction of sp³-hybridized carbons (Fsp3) is 0.818. The molecule has 0 bridgehead atoms.